The molecule has 0 atom stereocenters. The summed E-state index contributed by atoms with van der Waals surface area (Å²) in [5.41, 5.74) is 2.90. The monoisotopic (exact) mass is 454 g/mol. The van der Waals surface area contributed by atoms with Crippen LogP contribution in [0.2, 0.25) is 0 Å². The Morgan fingerprint density at radius 1 is 1.00 bits per heavy atom. The number of nitrogens with zero attached hydrogens (tertiary/aromatic N) is 2. The SMILES string of the molecule is C1=CC=C(N2CCOCC2)[N]C=1.[CH2]CCC.[CH2]CCC.[CH2]CCC.[Sn]. The van der Waals surface area contributed by atoms with E-state index in [9.17, 15) is 0 Å². The van der Waals surface area contributed by atoms with E-state index in [2.05, 4.69) is 57.5 Å². The molecule has 2 aliphatic heterocycles. The van der Waals surface area contributed by atoms with Crippen LogP contribution in [0.15, 0.2) is 29.9 Å². The van der Waals surface area contributed by atoms with Crippen molar-refractivity contribution < 1.29 is 4.74 Å². The molecule has 0 unspecified atom stereocenters. The number of hydrogen-bond acceptors (Lipinski definition) is 2. The summed E-state index contributed by atoms with van der Waals surface area (Å²) in [7, 11) is 0. The van der Waals surface area contributed by atoms with E-state index in [1.165, 1.54) is 19.3 Å². The average molecular weight is 453 g/mol. The van der Waals surface area contributed by atoms with Gasteiger partial charge < -0.3 is 9.64 Å². The number of rotatable bonds is 4. The largest absolute Gasteiger partial charge is 0.378 e. The van der Waals surface area contributed by atoms with Crippen LogP contribution in [0.5, 0.6) is 0 Å². The van der Waals surface area contributed by atoms with Crippen molar-refractivity contribution in [3.8, 4) is 0 Å². The molecule has 0 aliphatic carbocycles. The summed E-state index contributed by atoms with van der Waals surface area (Å²) in [5.74, 6) is 1.03. The second kappa shape index (κ2) is 25.9. The van der Waals surface area contributed by atoms with E-state index in [0.717, 1.165) is 51.4 Å². The van der Waals surface area contributed by atoms with Crippen LogP contribution >= 0.6 is 0 Å². The summed E-state index contributed by atoms with van der Waals surface area (Å²) in [6.45, 7) is 20.7. The average Bonchev–Trinajstić information content (AvgIpc) is 2.70. The zero-order valence-corrected chi connectivity index (χ0v) is 19.6. The van der Waals surface area contributed by atoms with Crippen LogP contribution in [-0.2, 0) is 4.74 Å². The second-order valence-corrected chi connectivity index (χ2v) is 5.28. The third-order valence-corrected chi connectivity index (χ3v) is 3.00. The van der Waals surface area contributed by atoms with Crippen LogP contribution in [0.4, 0.5) is 0 Å². The maximum atomic E-state index is 5.24. The van der Waals surface area contributed by atoms with E-state index in [0.29, 0.717) is 0 Å². The number of allylic oxidation sites excluding steroid dienone is 2. The second-order valence-electron chi connectivity index (χ2n) is 5.28. The molecule has 25 heavy (non-hydrogen) atoms. The van der Waals surface area contributed by atoms with Crippen LogP contribution in [0.3, 0.4) is 0 Å². The summed E-state index contributed by atoms with van der Waals surface area (Å²) in [4.78, 5) is 2.22. The Balaban J connectivity index is -0.000000314. The van der Waals surface area contributed by atoms with Gasteiger partial charge in [0.05, 0.1) is 19.4 Å². The zero-order chi connectivity index (χ0) is 18.5. The van der Waals surface area contributed by atoms with E-state index >= 15 is 0 Å². The van der Waals surface area contributed by atoms with Gasteiger partial charge in [0.25, 0.3) is 0 Å². The molecule has 2 rings (SSSR count). The van der Waals surface area contributed by atoms with Crippen LogP contribution in [0.1, 0.15) is 59.3 Å². The van der Waals surface area contributed by atoms with Crippen LogP contribution < -0.4 is 5.32 Å². The van der Waals surface area contributed by atoms with Gasteiger partial charge in [0.15, 0.2) is 0 Å². The van der Waals surface area contributed by atoms with Gasteiger partial charge in [-0.15, -0.1) is 5.73 Å². The maximum absolute atomic E-state index is 5.24. The Labute approximate surface area is 174 Å². The van der Waals surface area contributed by atoms with Gasteiger partial charge >= 0.3 is 0 Å². The Morgan fingerprint density at radius 2 is 1.44 bits per heavy atom. The summed E-state index contributed by atoms with van der Waals surface area (Å²) < 4.78 is 5.24. The molecular weight excluding hydrogens is 415 g/mol. The van der Waals surface area contributed by atoms with Crippen molar-refractivity contribution in [2.24, 2.45) is 0 Å². The van der Waals surface area contributed by atoms with E-state index < -0.39 is 0 Å². The van der Waals surface area contributed by atoms with Crippen molar-refractivity contribution in [3.05, 3.63) is 50.7 Å². The molecule has 0 saturated carbocycles. The predicted molar refractivity (Wildman–Crippen MR) is 112 cm³/mol. The van der Waals surface area contributed by atoms with E-state index in [-0.39, 0.29) is 23.9 Å². The van der Waals surface area contributed by atoms with Gasteiger partial charge in [0, 0.05) is 37.0 Å². The summed E-state index contributed by atoms with van der Waals surface area (Å²) >= 11 is 0. The minimum atomic E-state index is 0. The summed E-state index contributed by atoms with van der Waals surface area (Å²) in [6, 6.07) is 0. The first-order chi connectivity index (χ1) is 11.7. The fourth-order valence-corrected chi connectivity index (χ4v) is 1.29. The number of hydrogen-bond donors (Lipinski definition) is 0. The molecule has 0 N–H and O–H groups in total. The van der Waals surface area contributed by atoms with Crippen LogP contribution in [0.25, 0.3) is 0 Å². The maximum Gasteiger partial charge on any atom is 0.129 e. The molecule has 1 fully saturated rings. The molecule has 0 amide bonds. The molecule has 0 aromatic rings. The molecule has 0 spiro atoms. The molecule has 0 aromatic heterocycles. The van der Waals surface area contributed by atoms with Crippen molar-refractivity contribution >= 4 is 23.9 Å². The Kier molecular flexibility index (Phi) is 30.4. The standard InChI is InChI=1S/C9H11N2O.3C4H9.Sn/c1-2-4-10-9(3-1)11-5-7-12-8-6-11;3*1-3-4-2;/h1,3-4H,5-8H2;3*1,3-4H2,2H3;. The Bertz CT molecular complexity index is 315. The first-order valence-corrected chi connectivity index (χ1v) is 9.24. The zero-order valence-electron chi connectivity index (χ0n) is 16.7. The quantitative estimate of drug-likeness (QED) is 0.446. The van der Waals surface area contributed by atoms with Crippen molar-refractivity contribution in [2.45, 2.75) is 59.3 Å². The van der Waals surface area contributed by atoms with E-state index in [1.807, 2.05) is 12.2 Å². The third kappa shape index (κ3) is 21.6. The fourth-order valence-electron chi connectivity index (χ4n) is 1.29. The molecule has 3 nitrogen and oxygen atoms in total. The minimum absolute atomic E-state index is 0. The molecular formula is C21H38N2OSn. The molecule has 2 heterocycles. The molecule has 0 bridgehead atoms. The smallest absolute Gasteiger partial charge is 0.129 e. The van der Waals surface area contributed by atoms with Gasteiger partial charge in [0.2, 0.25) is 0 Å². The first kappa shape index (κ1) is 29.4. The van der Waals surface area contributed by atoms with Crippen molar-refractivity contribution in [3.63, 3.8) is 0 Å². The van der Waals surface area contributed by atoms with Crippen LogP contribution in [0, 0.1) is 20.8 Å². The Hall–Kier alpha value is -0.381. The van der Waals surface area contributed by atoms with Crippen molar-refractivity contribution in [1.82, 2.24) is 10.2 Å². The number of morpholine rings is 1. The summed E-state index contributed by atoms with van der Waals surface area (Å²) in [6.07, 6.45) is 12.4. The van der Waals surface area contributed by atoms with Crippen molar-refractivity contribution in [1.29, 1.82) is 0 Å². The van der Waals surface area contributed by atoms with Gasteiger partial charge in [-0.05, 0) is 12.2 Å². The van der Waals surface area contributed by atoms with Gasteiger partial charge in [-0.3, -0.25) is 0 Å². The normalized spacial score (nSPS) is 14.2. The molecule has 0 aromatic carbocycles. The number of unbranched alkanes of at least 4 members (excludes halogenated alkanes) is 3. The summed E-state index contributed by atoms with van der Waals surface area (Å²) in [5, 5.41) is 4.22. The van der Waals surface area contributed by atoms with Crippen LogP contribution in [-0.4, -0.2) is 55.1 Å². The first-order valence-electron chi connectivity index (χ1n) is 9.24. The van der Waals surface area contributed by atoms with E-state index in [4.69, 9.17) is 4.74 Å². The van der Waals surface area contributed by atoms with Gasteiger partial charge in [-0.1, -0.05) is 80.1 Å². The molecule has 8 radical (unpaired) electrons. The Morgan fingerprint density at radius 3 is 1.76 bits per heavy atom. The number of ether oxygens (including phenoxy) is 1. The van der Waals surface area contributed by atoms with Gasteiger partial charge in [-0.2, -0.15) is 0 Å². The van der Waals surface area contributed by atoms with E-state index in [1.54, 1.807) is 6.20 Å². The van der Waals surface area contributed by atoms with Gasteiger partial charge in [0.1, 0.15) is 5.82 Å². The predicted octanol–water partition coefficient (Wildman–Crippen LogP) is 4.93. The van der Waals surface area contributed by atoms with Crippen molar-refractivity contribution in [2.75, 3.05) is 26.3 Å². The molecule has 142 valence electrons. The fraction of sp³-hybridized carbons (Fsp3) is 0.619. The minimum Gasteiger partial charge on any atom is -0.378 e. The topological polar surface area (TPSA) is 26.6 Å². The third-order valence-electron chi connectivity index (χ3n) is 3.00. The molecule has 2 aliphatic rings. The molecule has 4 heteroatoms. The molecule has 1 saturated heterocycles. The van der Waals surface area contributed by atoms with Gasteiger partial charge in [-0.25, -0.2) is 5.32 Å².